The molecule has 0 bridgehead atoms. The number of nitrogens with zero attached hydrogens (tertiary/aromatic N) is 4. The number of benzene rings is 8. The number of aromatic nitrogens is 4. The summed E-state index contributed by atoms with van der Waals surface area (Å²) in [5.74, 6) is 1.95. The van der Waals surface area contributed by atoms with Gasteiger partial charge in [0.15, 0.2) is 17.5 Å². The molecule has 10 rings (SSSR count). The maximum Gasteiger partial charge on any atom is 0.164 e. The highest BCUT2D eigenvalue weighted by Gasteiger charge is 2.17. The van der Waals surface area contributed by atoms with Crippen molar-refractivity contribution in [1.29, 1.82) is 0 Å². The first kappa shape index (κ1) is 30.6. The van der Waals surface area contributed by atoms with E-state index in [1.54, 1.807) is 0 Å². The zero-order chi connectivity index (χ0) is 35.1. The molecular weight excluding hydrogens is 645 g/mol. The summed E-state index contributed by atoms with van der Waals surface area (Å²) in [6, 6.07) is 68.2. The molecule has 4 heteroatoms. The second kappa shape index (κ2) is 12.9. The standard InChI is InChI=1S/C49H32N4/c1-4-15-33(16-5-1)39-22-10-11-23-40(39)37-27-29-43-42-24-12-13-26-45(42)53(46(43)32-37)38-28-30-41-36(31-38)21-14-25-44(41)49-51-47(34-17-6-2-7-18-34)50-48(52-49)35-19-8-3-9-20-35/h1-32H. The maximum absolute atomic E-state index is 5.04. The van der Waals surface area contributed by atoms with Crippen molar-refractivity contribution in [3.63, 3.8) is 0 Å². The smallest absolute Gasteiger partial charge is 0.164 e. The van der Waals surface area contributed by atoms with Gasteiger partial charge in [0.1, 0.15) is 0 Å². The summed E-state index contributed by atoms with van der Waals surface area (Å²) in [6.07, 6.45) is 0. The molecule has 0 saturated heterocycles. The highest BCUT2D eigenvalue weighted by Crippen LogP contribution is 2.39. The lowest BCUT2D eigenvalue weighted by molar-refractivity contribution is 1.08. The van der Waals surface area contributed by atoms with Gasteiger partial charge in [-0.3, -0.25) is 0 Å². The average molecular weight is 677 g/mol. The van der Waals surface area contributed by atoms with E-state index in [2.05, 4.69) is 138 Å². The topological polar surface area (TPSA) is 43.6 Å². The number of hydrogen-bond acceptors (Lipinski definition) is 3. The molecule has 0 N–H and O–H groups in total. The van der Waals surface area contributed by atoms with E-state index in [9.17, 15) is 0 Å². The van der Waals surface area contributed by atoms with Gasteiger partial charge >= 0.3 is 0 Å². The van der Waals surface area contributed by atoms with E-state index in [-0.39, 0.29) is 0 Å². The number of fused-ring (bicyclic) bond motifs is 4. The lowest BCUT2D eigenvalue weighted by atomic mass is 9.94. The normalized spacial score (nSPS) is 11.4. The molecule has 0 saturated carbocycles. The molecule has 0 unspecified atom stereocenters. The van der Waals surface area contributed by atoms with Crippen LogP contribution >= 0.6 is 0 Å². The monoisotopic (exact) mass is 676 g/mol. The Bertz CT molecular complexity index is 2870. The van der Waals surface area contributed by atoms with Gasteiger partial charge in [0.25, 0.3) is 0 Å². The fraction of sp³-hybridized carbons (Fsp3) is 0. The fourth-order valence-electron chi connectivity index (χ4n) is 7.55. The summed E-state index contributed by atoms with van der Waals surface area (Å²) < 4.78 is 2.40. The van der Waals surface area contributed by atoms with Crippen molar-refractivity contribution in [2.45, 2.75) is 0 Å². The zero-order valence-corrected chi connectivity index (χ0v) is 28.8. The highest BCUT2D eigenvalue weighted by molar-refractivity contribution is 6.11. The third-order valence-corrected chi connectivity index (χ3v) is 10.1. The van der Waals surface area contributed by atoms with Gasteiger partial charge < -0.3 is 4.57 Å². The minimum atomic E-state index is 0.648. The Morgan fingerprint density at radius 2 is 0.830 bits per heavy atom. The Balaban J connectivity index is 1.14. The first-order chi connectivity index (χ1) is 26.3. The Kier molecular flexibility index (Phi) is 7.43. The largest absolute Gasteiger partial charge is 0.309 e. The molecule has 0 atom stereocenters. The van der Waals surface area contributed by atoms with Crippen LogP contribution in [0.25, 0.3) is 94.7 Å². The molecule has 0 aliphatic rings. The Morgan fingerprint density at radius 1 is 0.302 bits per heavy atom. The van der Waals surface area contributed by atoms with Crippen LogP contribution in [-0.2, 0) is 0 Å². The molecule has 10 aromatic rings. The summed E-state index contributed by atoms with van der Waals surface area (Å²) in [6.45, 7) is 0. The van der Waals surface area contributed by atoms with Crippen molar-refractivity contribution in [1.82, 2.24) is 19.5 Å². The molecule has 2 heterocycles. The summed E-state index contributed by atoms with van der Waals surface area (Å²) in [5.41, 5.74) is 11.1. The molecule has 4 nitrogen and oxygen atoms in total. The van der Waals surface area contributed by atoms with Gasteiger partial charge in [-0.2, -0.15) is 0 Å². The van der Waals surface area contributed by atoms with Crippen molar-refractivity contribution in [2.24, 2.45) is 0 Å². The third-order valence-electron chi connectivity index (χ3n) is 10.1. The average Bonchev–Trinajstić information content (AvgIpc) is 3.57. The Labute approximate surface area is 307 Å². The molecule has 0 aliphatic carbocycles. The summed E-state index contributed by atoms with van der Waals surface area (Å²) in [5, 5.41) is 4.65. The molecular formula is C49H32N4. The zero-order valence-electron chi connectivity index (χ0n) is 28.8. The van der Waals surface area contributed by atoms with Crippen LogP contribution in [0.15, 0.2) is 194 Å². The quantitative estimate of drug-likeness (QED) is 0.176. The van der Waals surface area contributed by atoms with Crippen molar-refractivity contribution >= 4 is 32.6 Å². The van der Waals surface area contributed by atoms with Crippen molar-refractivity contribution in [3.8, 4) is 62.1 Å². The lowest BCUT2D eigenvalue weighted by Gasteiger charge is -2.14. The van der Waals surface area contributed by atoms with E-state index in [4.69, 9.17) is 15.0 Å². The molecule has 0 aliphatic heterocycles. The van der Waals surface area contributed by atoms with Gasteiger partial charge in [0, 0.05) is 33.2 Å². The van der Waals surface area contributed by atoms with E-state index >= 15 is 0 Å². The molecule has 248 valence electrons. The number of para-hydroxylation sites is 1. The predicted molar refractivity (Wildman–Crippen MR) is 219 cm³/mol. The second-order valence-corrected chi connectivity index (χ2v) is 13.2. The van der Waals surface area contributed by atoms with E-state index in [0.29, 0.717) is 17.5 Å². The second-order valence-electron chi connectivity index (χ2n) is 13.2. The summed E-state index contributed by atoms with van der Waals surface area (Å²) >= 11 is 0. The Morgan fingerprint density at radius 3 is 1.53 bits per heavy atom. The van der Waals surface area contributed by atoms with Gasteiger partial charge in [-0.25, -0.2) is 15.0 Å². The molecule has 2 aromatic heterocycles. The SMILES string of the molecule is c1ccc(-c2nc(-c3ccccc3)nc(-c3cccc4cc(-n5c6ccccc6c6ccc(-c7ccccc7-c7ccccc7)cc65)ccc34)n2)cc1. The van der Waals surface area contributed by atoms with E-state index in [1.807, 2.05) is 60.7 Å². The van der Waals surface area contributed by atoms with Crippen LogP contribution in [0.5, 0.6) is 0 Å². The fourth-order valence-corrected chi connectivity index (χ4v) is 7.55. The Hall–Kier alpha value is -7.17. The van der Waals surface area contributed by atoms with Crippen LogP contribution in [0.4, 0.5) is 0 Å². The van der Waals surface area contributed by atoms with Gasteiger partial charge in [-0.05, 0) is 57.3 Å². The van der Waals surface area contributed by atoms with Crippen LogP contribution in [0.2, 0.25) is 0 Å². The van der Waals surface area contributed by atoms with Crippen molar-refractivity contribution in [3.05, 3.63) is 194 Å². The molecule has 0 spiro atoms. The lowest BCUT2D eigenvalue weighted by Crippen LogP contribution is -2.00. The number of rotatable bonds is 6. The van der Waals surface area contributed by atoms with Crippen LogP contribution < -0.4 is 0 Å². The van der Waals surface area contributed by atoms with E-state index in [0.717, 1.165) is 33.2 Å². The van der Waals surface area contributed by atoms with Crippen LogP contribution in [0.3, 0.4) is 0 Å². The van der Waals surface area contributed by atoms with Crippen molar-refractivity contribution in [2.75, 3.05) is 0 Å². The molecule has 53 heavy (non-hydrogen) atoms. The first-order valence-electron chi connectivity index (χ1n) is 17.9. The molecule has 0 radical (unpaired) electrons. The predicted octanol–water partition coefficient (Wildman–Crippen LogP) is 12.5. The van der Waals surface area contributed by atoms with Crippen LogP contribution in [0.1, 0.15) is 0 Å². The van der Waals surface area contributed by atoms with Crippen LogP contribution in [0, 0.1) is 0 Å². The van der Waals surface area contributed by atoms with Gasteiger partial charge in [-0.15, -0.1) is 0 Å². The van der Waals surface area contributed by atoms with Gasteiger partial charge in [0.05, 0.1) is 11.0 Å². The van der Waals surface area contributed by atoms with Gasteiger partial charge in [-0.1, -0.05) is 170 Å². The highest BCUT2D eigenvalue weighted by atomic mass is 15.0. The molecule has 8 aromatic carbocycles. The molecule has 0 amide bonds. The van der Waals surface area contributed by atoms with Crippen molar-refractivity contribution < 1.29 is 0 Å². The van der Waals surface area contributed by atoms with Gasteiger partial charge in [0.2, 0.25) is 0 Å². The first-order valence-corrected chi connectivity index (χ1v) is 17.9. The van der Waals surface area contributed by atoms with E-state index in [1.165, 1.54) is 44.1 Å². The number of hydrogen-bond donors (Lipinski definition) is 0. The summed E-state index contributed by atoms with van der Waals surface area (Å²) in [4.78, 5) is 15.0. The maximum atomic E-state index is 5.04. The molecule has 0 fully saturated rings. The minimum absolute atomic E-state index is 0.648. The van der Waals surface area contributed by atoms with Crippen LogP contribution in [-0.4, -0.2) is 19.5 Å². The van der Waals surface area contributed by atoms with E-state index < -0.39 is 0 Å². The summed E-state index contributed by atoms with van der Waals surface area (Å²) in [7, 11) is 0. The third kappa shape index (κ3) is 5.45. The minimum Gasteiger partial charge on any atom is -0.309 e.